The van der Waals surface area contributed by atoms with Gasteiger partial charge in [0.15, 0.2) is 0 Å². The number of rotatable bonds is 5. The highest BCUT2D eigenvalue weighted by Crippen LogP contribution is 2.37. The van der Waals surface area contributed by atoms with Crippen LogP contribution >= 0.6 is 0 Å². The Morgan fingerprint density at radius 1 is 1.42 bits per heavy atom. The predicted octanol–water partition coefficient (Wildman–Crippen LogP) is 3.13. The van der Waals surface area contributed by atoms with E-state index in [0.29, 0.717) is 11.8 Å². The third kappa shape index (κ3) is 3.48. The van der Waals surface area contributed by atoms with Crippen LogP contribution in [0.15, 0.2) is 18.2 Å². The molecule has 1 N–H and O–H groups in total. The smallest absolute Gasteiger partial charge is 0.119 e. The zero-order valence-electron chi connectivity index (χ0n) is 12.2. The van der Waals surface area contributed by atoms with E-state index in [4.69, 9.17) is 4.74 Å². The van der Waals surface area contributed by atoms with Gasteiger partial charge in [-0.3, -0.25) is 4.90 Å². The van der Waals surface area contributed by atoms with E-state index in [9.17, 15) is 5.11 Å². The van der Waals surface area contributed by atoms with Gasteiger partial charge in [-0.15, -0.1) is 0 Å². The highest BCUT2D eigenvalue weighted by Gasteiger charge is 2.25. The van der Waals surface area contributed by atoms with E-state index >= 15 is 0 Å². The second-order valence-electron chi connectivity index (χ2n) is 5.65. The molecule has 1 unspecified atom stereocenters. The molecule has 1 aliphatic rings. The van der Waals surface area contributed by atoms with Crippen LogP contribution in [0.3, 0.4) is 0 Å². The van der Waals surface area contributed by atoms with Crippen molar-refractivity contribution in [3.63, 3.8) is 0 Å². The van der Waals surface area contributed by atoms with Gasteiger partial charge in [0.1, 0.15) is 5.75 Å². The lowest BCUT2D eigenvalue weighted by atomic mass is 9.86. The van der Waals surface area contributed by atoms with E-state index in [1.807, 2.05) is 6.07 Å². The molecule has 0 spiro atoms. The van der Waals surface area contributed by atoms with Crippen molar-refractivity contribution in [3.05, 3.63) is 29.3 Å². The first kappa shape index (κ1) is 14.4. The molecule has 3 heteroatoms. The molecule has 0 saturated heterocycles. The molecule has 1 aromatic carbocycles. The number of nitrogens with zero attached hydrogens (tertiary/aromatic N) is 1. The Labute approximate surface area is 116 Å². The lowest BCUT2D eigenvalue weighted by Crippen LogP contribution is -2.31. The van der Waals surface area contributed by atoms with Gasteiger partial charge in [-0.2, -0.15) is 0 Å². The van der Waals surface area contributed by atoms with Crippen LogP contribution in [-0.4, -0.2) is 36.3 Å². The van der Waals surface area contributed by atoms with E-state index in [1.165, 1.54) is 5.56 Å². The van der Waals surface area contributed by atoms with Crippen LogP contribution < -0.4 is 0 Å². The molecule has 0 aliphatic heterocycles. The quantitative estimate of drug-likeness (QED) is 0.886. The van der Waals surface area contributed by atoms with Crippen LogP contribution in [-0.2, 0) is 11.2 Å². The van der Waals surface area contributed by atoms with Crippen molar-refractivity contribution in [1.82, 2.24) is 4.90 Å². The van der Waals surface area contributed by atoms with Crippen molar-refractivity contribution >= 4 is 0 Å². The fourth-order valence-corrected chi connectivity index (χ4v) is 2.85. The summed E-state index contributed by atoms with van der Waals surface area (Å²) in [6, 6.07) is 6.30. The first-order valence-electron chi connectivity index (χ1n) is 7.22. The summed E-state index contributed by atoms with van der Waals surface area (Å²) in [6.07, 6.45) is 3.59. The summed E-state index contributed by atoms with van der Waals surface area (Å²) in [5.41, 5.74) is 2.42. The van der Waals surface area contributed by atoms with Gasteiger partial charge in [0.2, 0.25) is 0 Å². The molecule has 1 atom stereocenters. The summed E-state index contributed by atoms with van der Waals surface area (Å²) >= 11 is 0. The fourth-order valence-electron chi connectivity index (χ4n) is 2.85. The van der Waals surface area contributed by atoms with E-state index in [-0.39, 0.29) is 6.10 Å². The van der Waals surface area contributed by atoms with Crippen molar-refractivity contribution in [3.8, 4) is 5.75 Å². The Hall–Kier alpha value is -1.06. The second-order valence-corrected chi connectivity index (χ2v) is 5.65. The highest BCUT2D eigenvalue weighted by molar-refractivity contribution is 5.42. The van der Waals surface area contributed by atoms with E-state index in [0.717, 1.165) is 38.0 Å². The van der Waals surface area contributed by atoms with E-state index in [1.54, 1.807) is 6.07 Å². The van der Waals surface area contributed by atoms with E-state index < -0.39 is 0 Å². The Morgan fingerprint density at radius 2 is 2.21 bits per heavy atom. The summed E-state index contributed by atoms with van der Waals surface area (Å²) in [6.45, 7) is 5.82. The number of ether oxygens (including phenoxy) is 1. The van der Waals surface area contributed by atoms with Crippen molar-refractivity contribution < 1.29 is 9.84 Å². The molecule has 106 valence electrons. The number of likely N-dealkylation sites (N-methyl/N-ethyl adjacent to an activating group) is 1. The topological polar surface area (TPSA) is 32.7 Å². The normalized spacial score (nSPS) is 18.9. The monoisotopic (exact) mass is 263 g/mol. The number of aromatic hydroxyl groups is 1. The number of phenolic OH excluding ortho intramolecular Hbond substituents is 1. The predicted molar refractivity (Wildman–Crippen MR) is 77.5 cm³/mol. The van der Waals surface area contributed by atoms with Crippen molar-refractivity contribution in [1.29, 1.82) is 0 Å². The van der Waals surface area contributed by atoms with Gasteiger partial charge in [0, 0.05) is 12.6 Å². The largest absolute Gasteiger partial charge is 0.508 e. The maximum Gasteiger partial charge on any atom is 0.119 e. The first-order valence-corrected chi connectivity index (χ1v) is 7.22. The summed E-state index contributed by atoms with van der Waals surface area (Å²) in [5, 5.41) is 9.96. The molecule has 19 heavy (non-hydrogen) atoms. The third-order valence-corrected chi connectivity index (χ3v) is 3.88. The molecule has 1 aliphatic carbocycles. The van der Waals surface area contributed by atoms with Crippen LogP contribution in [0, 0.1) is 0 Å². The maximum atomic E-state index is 9.96. The molecule has 1 aromatic rings. The standard InChI is InChI=1S/C16H25NO2/c1-12(2)19-11-10-17(3)15-8-4-7-14-13(15)6-5-9-16(14)18/h5-6,9,12,15,18H,4,7-8,10-11H2,1-3H3. The highest BCUT2D eigenvalue weighted by atomic mass is 16.5. The Balaban J connectivity index is 2.04. The molecule has 0 fully saturated rings. The Morgan fingerprint density at radius 3 is 2.95 bits per heavy atom. The minimum absolute atomic E-state index is 0.288. The van der Waals surface area contributed by atoms with Gasteiger partial charge in [-0.05, 0) is 57.4 Å². The number of hydrogen-bond acceptors (Lipinski definition) is 3. The lowest BCUT2D eigenvalue weighted by Gasteiger charge is -2.33. The number of fused-ring (bicyclic) bond motifs is 1. The van der Waals surface area contributed by atoms with Gasteiger partial charge in [-0.1, -0.05) is 12.1 Å². The molecular weight excluding hydrogens is 238 g/mol. The van der Waals surface area contributed by atoms with Crippen molar-refractivity contribution in [2.45, 2.75) is 45.3 Å². The molecule has 0 saturated carbocycles. The van der Waals surface area contributed by atoms with E-state index in [2.05, 4.69) is 31.9 Å². The average molecular weight is 263 g/mol. The van der Waals surface area contributed by atoms with Crippen LogP contribution in [0.4, 0.5) is 0 Å². The average Bonchev–Trinajstić information content (AvgIpc) is 2.38. The van der Waals surface area contributed by atoms with Crippen molar-refractivity contribution in [2.75, 3.05) is 20.2 Å². The third-order valence-electron chi connectivity index (χ3n) is 3.88. The zero-order chi connectivity index (χ0) is 13.8. The minimum atomic E-state index is 0.288. The molecule has 3 nitrogen and oxygen atoms in total. The number of benzene rings is 1. The number of phenols is 1. The molecule has 0 heterocycles. The maximum absolute atomic E-state index is 9.96. The molecule has 2 rings (SSSR count). The minimum Gasteiger partial charge on any atom is -0.508 e. The van der Waals surface area contributed by atoms with Gasteiger partial charge in [-0.25, -0.2) is 0 Å². The second kappa shape index (κ2) is 6.40. The SMILES string of the molecule is CC(C)OCCN(C)C1CCCc2c(O)cccc21. The zero-order valence-corrected chi connectivity index (χ0v) is 12.2. The summed E-state index contributed by atoms with van der Waals surface area (Å²) in [4.78, 5) is 2.35. The van der Waals surface area contributed by atoms with Crippen LogP contribution in [0.5, 0.6) is 5.75 Å². The van der Waals surface area contributed by atoms with Gasteiger partial charge in [0.05, 0.1) is 12.7 Å². The first-order chi connectivity index (χ1) is 9.09. The van der Waals surface area contributed by atoms with Crippen LogP contribution in [0.1, 0.15) is 43.9 Å². The number of hydrogen-bond donors (Lipinski definition) is 1. The molecule has 0 aromatic heterocycles. The molecule has 0 bridgehead atoms. The Bertz CT molecular complexity index is 417. The summed E-state index contributed by atoms with van der Waals surface area (Å²) in [7, 11) is 2.15. The van der Waals surface area contributed by atoms with Gasteiger partial charge < -0.3 is 9.84 Å². The molecular formula is C16H25NO2. The van der Waals surface area contributed by atoms with Gasteiger partial charge in [0.25, 0.3) is 0 Å². The lowest BCUT2D eigenvalue weighted by molar-refractivity contribution is 0.0538. The molecule has 0 amide bonds. The van der Waals surface area contributed by atoms with Crippen molar-refractivity contribution in [2.24, 2.45) is 0 Å². The Kier molecular flexibility index (Phi) is 4.83. The fraction of sp³-hybridized carbons (Fsp3) is 0.625. The summed E-state index contributed by atoms with van der Waals surface area (Å²) in [5.74, 6) is 0.453. The van der Waals surface area contributed by atoms with Crippen LogP contribution in [0.2, 0.25) is 0 Å². The molecule has 0 radical (unpaired) electrons. The van der Waals surface area contributed by atoms with Crippen LogP contribution in [0.25, 0.3) is 0 Å². The van der Waals surface area contributed by atoms with Gasteiger partial charge >= 0.3 is 0 Å². The summed E-state index contributed by atoms with van der Waals surface area (Å²) < 4.78 is 5.62.